The van der Waals surface area contributed by atoms with Crippen LogP contribution in [0.5, 0.6) is 5.75 Å². The zero-order valence-electron chi connectivity index (χ0n) is 14.7. The van der Waals surface area contributed by atoms with Crippen molar-refractivity contribution in [1.29, 1.82) is 5.26 Å². The Hall–Kier alpha value is -3.09. The fraction of sp³-hybridized carbons (Fsp3) is 0.211. The van der Waals surface area contributed by atoms with E-state index in [0.717, 1.165) is 0 Å². The van der Waals surface area contributed by atoms with Crippen molar-refractivity contribution in [3.8, 4) is 11.8 Å². The summed E-state index contributed by atoms with van der Waals surface area (Å²) in [5.41, 5.74) is -2.96. The van der Waals surface area contributed by atoms with Crippen molar-refractivity contribution in [2.75, 3.05) is 6.61 Å². The lowest BCUT2D eigenvalue weighted by Crippen LogP contribution is -2.57. The number of hydrazone groups is 1. The molecule has 1 N–H and O–H groups in total. The maximum Gasteiger partial charge on any atom is 0.438 e. The highest BCUT2D eigenvalue weighted by atomic mass is 35.5. The van der Waals surface area contributed by atoms with Crippen LogP contribution in [0.2, 0.25) is 5.02 Å². The van der Waals surface area contributed by atoms with Crippen LogP contribution in [0.1, 0.15) is 17.5 Å². The summed E-state index contributed by atoms with van der Waals surface area (Å²) in [7, 11) is 0. The number of nitriles is 1. The monoisotopic (exact) mass is 423 g/mol. The number of ether oxygens (including phenoxy) is 1. The third-order valence-electron chi connectivity index (χ3n) is 4.20. The molecule has 0 fully saturated rings. The minimum Gasteiger partial charge on any atom is -0.484 e. The van der Waals surface area contributed by atoms with E-state index >= 15 is 0 Å². The number of amides is 1. The molecule has 0 saturated heterocycles. The fourth-order valence-corrected chi connectivity index (χ4v) is 2.79. The molecule has 10 heteroatoms. The molecule has 0 radical (unpaired) electrons. The maximum atomic E-state index is 13.5. The lowest BCUT2D eigenvalue weighted by atomic mass is 10.0. The lowest BCUT2D eigenvalue weighted by molar-refractivity contribution is -0.302. The molecule has 1 amide bonds. The van der Waals surface area contributed by atoms with E-state index in [9.17, 15) is 23.1 Å². The van der Waals surface area contributed by atoms with Gasteiger partial charge in [-0.3, -0.25) is 4.79 Å². The van der Waals surface area contributed by atoms with Gasteiger partial charge in [0, 0.05) is 5.02 Å². The van der Waals surface area contributed by atoms with E-state index in [-0.39, 0.29) is 16.5 Å². The Labute approximate surface area is 168 Å². The first-order chi connectivity index (χ1) is 13.6. The summed E-state index contributed by atoms with van der Waals surface area (Å²) in [5.74, 6) is -1.01. The summed E-state index contributed by atoms with van der Waals surface area (Å²) < 4.78 is 45.8. The molecule has 0 unspecified atom stereocenters. The Morgan fingerprint density at radius 2 is 1.86 bits per heavy atom. The number of aliphatic hydroxyl groups is 1. The van der Waals surface area contributed by atoms with Crippen LogP contribution in [0, 0.1) is 11.3 Å². The van der Waals surface area contributed by atoms with Crippen molar-refractivity contribution >= 4 is 23.2 Å². The smallest absolute Gasteiger partial charge is 0.438 e. The second kappa shape index (κ2) is 7.73. The number of rotatable bonds is 4. The van der Waals surface area contributed by atoms with Crippen molar-refractivity contribution in [2.45, 2.75) is 18.3 Å². The van der Waals surface area contributed by atoms with Gasteiger partial charge in [-0.25, -0.2) is 0 Å². The zero-order chi connectivity index (χ0) is 21.2. The normalized spacial score (nSPS) is 18.9. The fourth-order valence-electron chi connectivity index (χ4n) is 2.66. The van der Waals surface area contributed by atoms with Crippen LogP contribution in [-0.4, -0.2) is 40.2 Å². The van der Waals surface area contributed by atoms with Gasteiger partial charge in [-0.15, -0.1) is 0 Å². The molecule has 150 valence electrons. The van der Waals surface area contributed by atoms with E-state index in [2.05, 4.69) is 5.10 Å². The molecule has 0 saturated carbocycles. The molecule has 1 atom stereocenters. The number of carbonyl (C=O) groups is 1. The van der Waals surface area contributed by atoms with Crippen LogP contribution in [0.25, 0.3) is 0 Å². The van der Waals surface area contributed by atoms with E-state index in [4.69, 9.17) is 21.6 Å². The van der Waals surface area contributed by atoms with Gasteiger partial charge in [0.15, 0.2) is 6.61 Å². The van der Waals surface area contributed by atoms with Crippen LogP contribution in [-0.2, 0) is 4.79 Å². The standard InChI is InChI=1S/C19H13ClF3N3O3/c20-14-5-3-13(4-6-14)16-9-18(28,19(21,22)23)26(25-16)17(27)11-29-15-7-1-12(10-24)2-8-15/h1-8,28H,9,11H2/t18-/m1/s1. The summed E-state index contributed by atoms with van der Waals surface area (Å²) in [6.45, 7) is -0.790. The van der Waals surface area contributed by atoms with Crippen molar-refractivity contribution < 1.29 is 27.8 Å². The molecule has 0 aliphatic carbocycles. The average molecular weight is 424 g/mol. The Balaban J connectivity index is 1.82. The molecule has 0 bridgehead atoms. The van der Waals surface area contributed by atoms with Crippen LogP contribution >= 0.6 is 11.6 Å². The summed E-state index contributed by atoms with van der Waals surface area (Å²) in [4.78, 5) is 12.4. The summed E-state index contributed by atoms with van der Waals surface area (Å²) >= 11 is 5.78. The van der Waals surface area contributed by atoms with Gasteiger partial charge in [0.2, 0.25) is 0 Å². The van der Waals surface area contributed by atoms with Crippen molar-refractivity contribution in [3.63, 3.8) is 0 Å². The summed E-state index contributed by atoms with van der Waals surface area (Å²) in [6, 6.07) is 13.4. The van der Waals surface area contributed by atoms with Gasteiger partial charge in [0.25, 0.3) is 11.6 Å². The molecule has 0 spiro atoms. The van der Waals surface area contributed by atoms with Gasteiger partial charge >= 0.3 is 6.18 Å². The van der Waals surface area contributed by atoms with Gasteiger partial charge in [-0.05, 0) is 42.0 Å². The summed E-state index contributed by atoms with van der Waals surface area (Å²) in [6.07, 6.45) is -6.07. The molecule has 6 nitrogen and oxygen atoms in total. The first-order valence-corrected chi connectivity index (χ1v) is 8.60. The topological polar surface area (TPSA) is 85.9 Å². The number of hydrogen-bond donors (Lipinski definition) is 1. The minimum absolute atomic E-state index is 0.000584. The second-order valence-electron chi connectivity index (χ2n) is 6.18. The number of halogens is 4. The van der Waals surface area contributed by atoms with Gasteiger partial charge in [-0.2, -0.15) is 28.5 Å². The molecular formula is C19H13ClF3N3O3. The SMILES string of the molecule is N#Cc1ccc(OCC(=O)N2N=C(c3ccc(Cl)cc3)C[C@@]2(O)C(F)(F)F)cc1. The van der Waals surface area contributed by atoms with Gasteiger partial charge < -0.3 is 9.84 Å². The number of benzene rings is 2. The molecule has 0 aromatic heterocycles. The van der Waals surface area contributed by atoms with E-state index in [1.165, 1.54) is 48.5 Å². The van der Waals surface area contributed by atoms with E-state index in [0.29, 0.717) is 16.1 Å². The molecule has 2 aromatic carbocycles. The quantitative estimate of drug-likeness (QED) is 0.815. The van der Waals surface area contributed by atoms with Gasteiger partial charge in [0.05, 0.1) is 23.8 Å². The van der Waals surface area contributed by atoms with Gasteiger partial charge in [-0.1, -0.05) is 23.7 Å². The predicted molar refractivity (Wildman–Crippen MR) is 97.1 cm³/mol. The lowest BCUT2D eigenvalue weighted by Gasteiger charge is -2.32. The summed E-state index contributed by atoms with van der Waals surface area (Å²) in [5, 5.41) is 23.1. The van der Waals surface area contributed by atoms with Crippen molar-refractivity contribution in [2.24, 2.45) is 5.10 Å². The molecule has 1 heterocycles. The zero-order valence-corrected chi connectivity index (χ0v) is 15.4. The largest absolute Gasteiger partial charge is 0.484 e. The predicted octanol–water partition coefficient (Wildman–Crippen LogP) is 3.48. The van der Waals surface area contributed by atoms with Crippen molar-refractivity contribution in [3.05, 3.63) is 64.7 Å². The molecule has 1 aliphatic heterocycles. The Morgan fingerprint density at radius 3 is 2.41 bits per heavy atom. The maximum absolute atomic E-state index is 13.5. The minimum atomic E-state index is -5.14. The number of nitrogens with zero attached hydrogens (tertiary/aromatic N) is 3. The second-order valence-corrected chi connectivity index (χ2v) is 6.61. The van der Waals surface area contributed by atoms with E-state index in [1.54, 1.807) is 0 Å². The van der Waals surface area contributed by atoms with Gasteiger partial charge in [0.1, 0.15) is 5.75 Å². The third kappa shape index (κ3) is 4.18. The van der Waals surface area contributed by atoms with Crippen LogP contribution in [0.3, 0.4) is 0 Å². The first kappa shape index (κ1) is 20.6. The molecule has 2 aromatic rings. The Bertz CT molecular complexity index is 985. The number of hydrogen-bond acceptors (Lipinski definition) is 5. The van der Waals surface area contributed by atoms with E-state index < -0.39 is 30.8 Å². The van der Waals surface area contributed by atoms with Crippen LogP contribution in [0.4, 0.5) is 13.2 Å². The highest BCUT2D eigenvalue weighted by Crippen LogP contribution is 2.41. The Kier molecular flexibility index (Phi) is 5.50. The highest BCUT2D eigenvalue weighted by Gasteiger charge is 2.63. The van der Waals surface area contributed by atoms with E-state index in [1.807, 2.05) is 6.07 Å². The molecule has 3 rings (SSSR count). The first-order valence-electron chi connectivity index (χ1n) is 8.22. The molecular weight excluding hydrogens is 411 g/mol. The third-order valence-corrected chi connectivity index (χ3v) is 4.45. The van der Waals surface area contributed by atoms with Crippen LogP contribution in [0.15, 0.2) is 53.6 Å². The van der Waals surface area contributed by atoms with Crippen molar-refractivity contribution in [1.82, 2.24) is 5.01 Å². The molecule has 29 heavy (non-hydrogen) atoms. The Morgan fingerprint density at radius 1 is 1.24 bits per heavy atom. The van der Waals surface area contributed by atoms with Crippen LogP contribution < -0.4 is 4.74 Å². The molecule has 1 aliphatic rings. The number of carbonyl (C=O) groups excluding carboxylic acids is 1. The number of alkyl halides is 3. The average Bonchev–Trinajstić information content (AvgIpc) is 3.06. The highest BCUT2D eigenvalue weighted by molar-refractivity contribution is 6.30.